The third kappa shape index (κ3) is 6.17. The number of carbonyl (C=O) groups is 2. The fourth-order valence-electron chi connectivity index (χ4n) is 5.05. The number of hydrogen-bond acceptors (Lipinski definition) is 12. The summed E-state index contributed by atoms with van der Waals surface area (Å²) in [7, 11) is 0. The number of allylic oxidation sites excluding steroid dienone is 3. The van der Waals surface area contributed by atoms with Crippen molar-refractivity contribution in [3.05, 3.63) is 100.0 Å². The van der Waals surface area contributed by atoms with E-state index in [1.165, 1.54) is 34.4 Å². The van der Waals surface area contributed by atoms with Gasteiger partial charge in [-0.1, -0.05) is 65.6 Å². The van der Waals surface area contributed by atoms with Crippen LogP contribution in [-0.2, 0) is 16.2 Å². The molecule has 13 heteroatoms. The molecule has 4 aromatic rings. The zero-order valence-electron chi connectivity index (χ0n) is 22.7. The van der Waals surface area contributed by atoms with Crippen molar-refractivity contribution in [1.82, 2.24) is 15.2 Å². The van der Waals surface area contributed by atoms with Crippen LogP contribution in [0.2, 0.25) is 0 Å². The van der Waals surface area contributed by atoms with Crippen molar-refractivity contribution in [3.63, 3.8) is 0 Å². The van der Waals surface area contributed by atoms with E-state index in [1.807, 2.05) is 54.6 Å². The number of amides is 1. The van der Waals surface area contributed by atoms with Crippen LogP contribution in [0.3, 0.4) is 0 Å². The topological polar surface area (TPSA) is 147 Å². The average molecular weight is 628 g/mol. The number of anilines is 2. The molecule has 1 amide bonds. The number of nitrogens with one attached hydrogen (secondary N) is 1. The number of nitrogens with two attached hydrogens (primary N) is 1. The van der Waals surface area contributed by atoms with Gasteiger partial charge in [0.25, 0.3) is 0 Å². The number of nitrogens with zero attached hydrogens (tertiary/aromatic N) is 5. The number of carbonyl (C=O) groups excluding carboxylic acids is 2. The smallest absolute Gasteiger partial charge is 0.236 e. The van der Waals surface area contributed by atoms with Crippen molar-refractivity contribution in [3.8, 4) is 11.8 Å². The molecule has 1 aliphatic heterocycles. The molecule has 0 saturated carbocycles. The zero-order chi connectivity index (χ0) is 29.8. The van der Waals surface area contributed by atoms with Crippen molar-refractivity contribution in [1.29, 1.82) is 5.26 Å². The molecule has 3 heterocycles. The van der Waals surface area contributed by atoms with Gasteiger partial charge in [0.05, 0.1) is 23.3 Å². The number of Topliss-reactive ketones (excluding diaryl/α,β-unsaturated/α-hetero) is 1. The summed E-state index contributed by atoms with van der Waals surface area (Å²) in [6.45, 7) is 0.432. The van der Waals surface area contributed by atoms with Gasteiger partial charge >= 0.3 is 0 Å². The van der Waals surface area contributed by atoms with Crippen LogP contribution in [0.5, 0.6) is 5.75 Å². The molecule has 0 radical (unpaired) electrons. The highest BCUT2D eigenvalue weighted by Crippen LogP contribution is 2.47. The Morgan fingerprint density at radius 3 is 2.72 bits per heavy atom. The number of thiazole rings is 1. The summed E-state index contributed by atoms with van der Waals surface area (Å²) in [6, 6.07) is 19.6. The number of nitriles is 1. The van der Waals surface area contributed by atoms with Crippen LogP contribution in [0.15, 0.2) is 93.2 Å². The van der Waals surface area contributed by atoms with E-state index < -0.39 is 5.92 Å². The first kappa shape index (κ1) is 28.6. The first-order chi connectivity index (χ1) is 21.0. The predicted octanol–water partition coefficient (Wildman–Crippen LogP) is 5.61. The molecule has 0 fully saturated rings. The minimum atomic E-state index is -0.594. The molecule has 10 nitrogen and oxygen atoms in total. The summed E-state index contributed by atoms with van der Waals surface area (Å²) in [5.74, 6) is 0.219. The van der Waals surface area contributed by atoms with E-state index in [1.54, 1.807) is 16.5 Å². The van der Waals surface area contributed by atoms with Crippen molar-refractivity contribution in [2.24, 2.45) is 5.73 Å². The number of ketones is 1. The second kappa shape index (κ2) is 12.8. The van der Waals surface area contributed by atoms with Crippen LogP contribution in [0.4, 0.5) is 10.3 Å². The zero-order valence-corrected chi connectivity index (χ0v) is 25.2. The second-order valence-corrected chi connectivity index (χ2v) is 12.8. The fourth-order valence-corrected chi connectivity index (χ4v) is 7.28. The van der Waals surface area contributed by atoms with E-state index in [9.17, 15) is 14.9 Å². The Bertz CT molecular complexity index is 1740. The van der Waals surface area contributed by atoms with Crippen LogP contribution in [-0.4, -0.2) is 32.6 Å². The van der Waals surface area contributed by atoms with Gasteiger partial charge in [-0.05, 0) is 36.1 Å². The van der Waals surface area contributed by atoms with E-state index in [0.717, 1.165) is 16.8 Å². The van der Waals surface area contributed by atoms with Gasteiger partial charge in [0.2, 0.25) is 11.0 Å². The lowest BCUT2D eigenvalue weighted by Gasteiger charge is -2.38. The molecular weight excluding hydrogens is 603 g/mol. The normalized spacial score (nSPS) is 16.6. The van der Waals surface area contributed by atoms with Gasteiger partial charge < -0.3 is 15.8 Å². The maximum absolute atomic E-state index is 13.4. The second-order valence-electron chi connectivity index (χ2n) is 9.68. The lowest BCUT2D eigenvalue weighted by molar-refractivity contribution is -0.116. The van der Waals surface area contributed by atoms with Gasteiger partial charge in [0.1, 0.15) is 18.2 Å². The Morgan fingerprint density at radius 2 is 1.98 bits per heavy atom. The Balaban J connectivity index is 1.24. The largest absolute Gasteiger partial charge is 0.489 e. The quantitative estimate of drug-likeness (QED) is 0.225. The Labute approximate surface area is 259 Å². The summed E-state index contributed by atoms with van der Waals surface area (Å²) in [5.41, 5.74) is 10.1. The van der Waals surface area contributed by atoms with Gasteiger partial charge in [-0.2, -0.15) is 5.26 Å². The summed E-state index contributed by atoms with van der Waals surface area (Å²) < 4.78 is 6.50. The van der Waals surface area contributed by atoms with Crippen LogP contribution in [0, 0.1) is 11.3 Å². The standard InChI is InChI=1S/C30H25N7O3S3/c31-15-21-25(19-9-11-20(12-10-19)40-16-18-5-2-1-3-6-18)26-22(7-4-8-23(26)38)37(27(21)32)29-35-36-30(43-29)42-17-24(39)34-28-33-13-14-41-28/h1-3,5-6,9-14,25H,4,7-8,16-17,32H2,(H,33,34,39). The molecular formula is C30H25N7O3S3. The predicted molar refractivity (Wildman–Crippen MR) is 167 cm³/mol. The first-order valence-electron chi connectivity index (χ1n) is 13.4. The molecule has 6 rings (SSSR count). The first-order valence-corrected chi connectivity index (χ1v) is 16.1. The highest BCUT2D eigenvalue weighted by atomic mass is 32.2. The number of thioether (sulfide) groups is 1. The molecule has 0 saturated heterocycles. The maximum Gasteiger partial charge on any atom is 0.236 e. The van der Waals surface area contributed by atoms with Gasteiger partial charge in [0.15, 0.2) is 15.3 Å². The van der Waals surface area contributed by atoms with E-state index in [2.05, 4.69) is 26.6 Å². The monoisotopic (exact) mass is 627 g/mol. The Kier molecular flexibility index (Phi) is 8.50. The van der Waals surface area contributed by atoms with Gasteiger partial charge in [-0.25, -0.2) is 4.98 Å². The number of hydrogen-bond donors (Lipinski definition) is 2. The molecule has 2 aromatic carbocycles. The SMILES string of the molecule is N#CC1=C(N)N(c2nnc(SCC(=O)Nc3nccs3)s2)C2=C(C(=O)CCC2)C1c1ccc(OCc2ccccc2)cc1. The lowest BCUT2D eigenvalue weighted by Crippen LogP contribution is -2.38. The highest BCUT2D eigenvalue weighted by molar-refractivity contribution is 8.01. The minimum Gasteiger partial charge on any atom is -0.489 e. The van der Waals surface area contributed by atoms with Crippen LogP contribution in [0.25, 0.3) is 0 Å². The average Bonchev–Trinajstić information content (AvgIpc) is 3.72. The number of benzene rings is 2. The third-order valence-electron chi connectivity index (χ3n) is 6.97. The molecule has 0 spiro atoms. The molecule has 43 heavy (non-hydrogen) atoms. The molecule has 1 atom stereocenters. The molecule has 0 bridgehead atoms. The fraction of sp³-hybridized carbons (Fsp3) is 0.200. The number of rotatable bonds is 9. The number of ether oxygens (including phenoxy) is 1. The molecule has 1 aliphatic carbocycles. The molecule has 3 N–H and O–H groups in total. The maximum atomic E-state index is 13.4. The molecule has 216 valence electrons. The van der Waals surface area contributed by atoms with Crippen LogP contribution >= 0.6 is 34.4 Å². The van der Waals surface area contributed by atoms with E-state index >= 15 is 0 Å². The molecule has 2 aromatic heterocycles. The molecule has 1 unspecified atom stereocenters. The van der Waals surface area contributed by atoms with Gasteiger partial charge in [-0.15, -0.1) is 21.5 Å². The summed E-state index contributed by atoms with van der Waals surface area (Å²) in [4.78, 5) is 31.5. The lowest BCUT2D eigenvalue weighted by atomic mass is 9.76. The Morgan fingerprint density at radius 1 is 1.16 bits per heavy atom. The van der Waals surface area contributed by atoms with Crippen LogP contribution in [0.1, 0.15) is 36.3 Å². The van der Waals surface area contributed by atoms with Crippen molar-refractivity contribution < 1.29 is 14.3 Å². The third-order valence-corrected chi connectivity index (χ3v) is 9.70. The Hall–Kier alpha value is -4.51. The van der Waals surface area contributed by atoms with E-state index in [-0.39, 0.29) is 28.8 Å². The minimum absolute atomic E-state index is 0.0149. The summed E-state index contributed by atoms with van der Waals surface area (Å²) in [5, 5.41) is 24.4. The van der Waals surface area contributed by atoms with Gasteiger partial charge in [0, 0.05) is 29.3 Å². The summed E-state index contributed by atoms with van der Waals surface area (Å²) in [6.07, 6.45) is 3.29. The van der Waals surface area contributed by atoms with E-state index in [4.69, 9.17) is 10.5 Å². The van der Waals surface area contributed by atoms with Gasteiger partial charge in [-0.3, -0.25) is 14.5 Å². The van der Waals surface area contributed by atoms with Crippen molar-refractivity contribution in [2.75, 3.05) is 16.0 Å². The molecule has 2 aliphatic rings. The van der Waals surface area contributed by atoms with E-state index in [0.29, 0.717) is 51.8 Å². The van der Waals surface area contributed by atoms with Crippen LogP contribution < -0.4 is 20.7 Å². The highest BCUT2D eigenvalue weighted by Gasteiger charge is 2.41. The summed E-state index contributed by atoms with van der Waals surface area (Å²) >= 11 is 3.83. The van der Waals surface area contributed by atoms with Crippen molar-refractivity contribution >= 4 is 56.4 Å². The van der Waals surface area contributed by atoms with Crippen molar-refractivity contribution in [2.45, 2.75) is 36.1 Å². The number of aromatic nitrogens is 3.